The number of anilines is 1. The molecule has 3 N–H and O–H groups in total. The summed E-state index contributed by atoms with van der Waals surface area (Å²) in [4.78, 5) is 41.2. The Hall–Kier alpha value is -3.10. The number of carbonyl (C=O) groups excluding carboxylic acids is 1. The highest BCUT2D eigenvalue weighted by Crippen LogP contribution is 2.38. The lowest BCUT2D eigenvalue weighted by Gasteiger charge is -2.41. The summed E-state index contributed by atoms with van der Waals surface area (Å²) in [5, 5.41) is 21.5. The highest BCUT2D eigenvalue weighted by atomic mass is 16.4. The molecule has 1 aromatic carbocycles. The molecule has 9 heteroatoms. The van der Waals surface area contributed by atoms with E-state index in [-0.39, 0.29) is 17.9 Å². The van der Waals surface area contributed by atoms with Crippen molar-refractivity contribution in [3.63, 3.8) is 0 Å². The Kier molecular flexibility index (Phi) is 3.83. The molecule has 0 aliphatic carbocycles. The van der Waals surface area contributed by atoms with E-state index in [1.54, 1.807) is 18.2 Å². The van der Waals surface area contributed by atoms with E-state index >= 15 is 0 Å². The van der Waals surface area contributed by atoms with E-state index in [0.717, 1.165) is 5.52 Å². The molecule has 0 bridgehead atoms. The van der Waals surface area contributed by atoms with Crippen molar-refractivity contribution < 1.29 is 24.6 Å². The van der Waals surface area contributed by atoms with Crippen LogP contribution in [0.4, 0.5) is 5.95 Å². The summed E-state index contributed by atoms with van der Waals surface area (Å²) in [6.07, 6.45) is 1.08. The topological polar surface area (TPSA) is 125 Å². The fourth-order valence-corrected chi connectivity index (χ4v) is 4.30. The maximum Gasteiger partial charge on any atom is 0.335 e. The van der Waals surface area contributed by atoms with Gasteiger partial charge in [-0.3, -0.25) is 9.59 Å². The number of aromatic carboxylic acids is 1. The van der Waals surface area contributed by atoms with Gasteiger partial charge in [-0.15, -0.1) is 0 Å². The van der Waals surface area contributed by atoms with Crippen LogP contribution in [0.1, 0.15) is 29.6 Å². The second-order valence-electron chi connectivity index (χ2n) is 7.27. The van der Waals surface area contributed by atoms with E-state index in [1.807, 2.05) is 11.6 Å². The standard InChI is InChI=1S/C18H20N4O5/c1-21-13-3-2-10(15(24)25)8-12(13)19-17(21)22-6-4-18(5-7-22)11(16(26)27)9-14(23)20-18/h2-3,8,11H,4-7,9H2,1H3,(H,20,23)(H,24,25)(H,26,27)/t11-/m1/s1. The summed E-state index contributed by atoms with van der Waals surface area (Å²) in [6, 6.07) is 4.83. The number of benzene rings is 1. The fraction of sp³-hybridized carbons (Fsp3) is 0.444. The van der Waals surface area contributed by atoms with Crippen molar-refractivity contribution in [3.8, 4) is 0 Å². The van der Waals surface area contributed by atoms with Crippen molar-refractivity contribution in [3.05, 3.63) is 23.8 Å². The molecule has 27 heavy (non-hydrogen) atoms. The molecule has 1 amide bonds. The number of fused-ring (bicyclic) bond motifs is 1. The molecule has 0 saturated carbocycles. The average Bonchev–Trinajstić information content (AvgIpc) is 3.13. The number of amides is 1. The minimum atomic E-state index is -0.999. The molecule has 2 fully saturated rings. The molecule has 142 valence electrons. The zero-order valence-corrected chi connectivity index (χ0v) is 14.8. The molecule has 2 saturated heterocycles. The predicted molar refractivity (Wildman–Crippen MR) is 95.7 cm³/mol. The molecule has 9 nitrogen and oxygen atoms in total. The Morgan fingerprint density at radius 2 is 1.96 bits per heavy atom. The Morgan fingerprint density at radius 1 is 1.26 bits per heavy atom. The molecule has 3 heterocycles. The average molecular weight is 372 g/mol. The van der Waals surface area contributed by atoms with E-state index in [1.165, 1.54) is 0 Å². The van der Waals surface area contributed by atoms with Gasteiger partial charge in [-0.1, -0.05) is 0 Å². The number of nitrogens with one attached hydrogen (secondary N) is 1. The molecule has 1 aromatic heterocycles. The summed E-state index contributed by atoms with van der Waals surface area (Å²) in [5.74, 6) is -2.14. The number of carboxylic acids is 2. The van der Waals surface area contributed by atoms with Crippen molar-refractivity contribution in [2.75, 3.05) is 18.0 Å². The first-order chi connectivity index (χ1) is 12.8. The number of aryl methyl sites for hydroxylation is 1. The van der Waals surface area contributed by atoms with Crippen LogP contribution in [-0.4, -0.2) is 56.2 Å². The number of nitrogens with zero attached hydrogens (tertiary/aromatic N) is 3. The van der Waals surface area contributed by atoms with Gasteiger partial charge in [-0.05, 0) is 31.0 Å². The third-order valence-electron chi connectivity index (χ3n) is 5.79. The van der Waals surface area contributed by atoms with Crippen LogP contribution in [0.3, 0.4) is 0 Å². The monoisotopic (exact) mass is 372 g/mol. The van der Waals surface area contributed by atoms with Gasteiger partial charge in [0.2, 0.25) is 11.9 Å². The van der Waals surface area contributed by atoms with Gasteiger partial charge in [0.05, 0.1) is 28.1 Å². The summed E-state index contributed by atoms with van der Waals surface area (Å²) in [6.45, 7) is 1.13. The highest BCUT2D eigenvalue weighted by Gasteiger charge is 2.51. The van der Waals surface area contributed by atoms with Crippen LogP contribution in [0, 0.1) is 5.92 Å². The lowest BCUT2D eigenvalue weighted by Crippen LogP contribution is -2.56. The van der Waals surface area contributed by atoms with Crippen LogP contribution in [0.15, 0.2) is 18.2 Å². The lowest BCUT2D eigenvalue weighted by molar-refractivity contribution is -0.144. The number of hydrogen-bond donors (Lipinski definition) is 3. The molecule has 0 radical (unpaired) electrons. The number of imidazole rings is 1. The van der Waals surface area contributed by atoms with Crippen molar-refractivity contribution in [1.82, 2.24) is 14.9 Å². The van der Waals surface area contributed by atoms with Gasteiger partial charge < -0.3 is 25.0 Å². The minimum Gasteiger partial charge on any atom is -0.481 e. The molecular formula is C18H20N4O5. The molecule has 4 rings (SSSR count). The summed E-state index contributed by atoms with van der Waals surface area (Å²) in [7, 11) is 1.87. The van der Waals surface area contributed by atoms with Gasteiger partial charge in [-0.2, -0.15) is 0 Å². The van der Waals surface area contributed by atoms with Gasteiger partial charge in [0.15, 0.2) is 0 Å². The number of piperidine rings is 1. The Balaban J connectivity index is 1.60. The normalized spacial score (nSPS) is 21.6. The summed E-state index contributed by atoms with van der Waals surface area (Å²) >= 11 is 0. The number of carboxylic acid groups (broad SMARTS) is 2. The van der Waals surface area contributed by atoms with E-state index in [9.17, 15) is 19.5 Å². The molecule has 0 unspecified atom stereocenters. The molecule has 2 aromatic rings. The fourth-order valence-electron chi connectivity index (χ4n) is 4.30. The third kappa shape index (κ3) is 2.70. The smallest absolute Gasteiger partial charge is 0.335 e. The van der Waals surface area contributed by atoms with Crippen LogP contribution >= 0.6 is 0 Å². The SMILES string of the molecule is Cn1c(N2CCC3(CC2)NC(=O)C[C@@H]3C(=O)O)nc2cc(C(=O)O)ccc21. The van der Waals surface area contributed by atoms with Gasteiger partial charge in [0.1, 0.15) is 0 Å². The van der Waals surface area contributed by atoms with Crippen LogP contribution in [-0.2, 0) is 16.6 Å². The molecule has 2 aliphatic heterocycles. The van der Waals surface area contributed by atoms with Crippen molar-refractivity contribution in [2.24, 2.45) is 13.0 Å². The molecule has 1 atom stereocenters. The second-order valence-corrected chi connectivity index (χ2v) is 7.27. The lowest BCUT2D eigenvalue weighted by atomic mass is 9.78. The third-order valence-corrected chi connectivity index (χ3v) is 5.79. The quantitative estimate of drug-likeness (QED) is 0.729. The number of rotatable bonds is 3. The highest BCUT2D eigenvalue weighted by molar-refractivity contribution is 5.93. The maximum atomic E-state index is 11.8. The Bertz CT molecular complexity index is 958. The van der Waals surface area contributed by atoms with E-state index in [4.69, 9.17) is 5.11 Å². The second kappa shape index (κ2) is 5.97. The van der Waals surface area contributed by atoms with Gasteiger partial charge in [0, 0.05) is 26.6 Å². The molecular weight excluding hydrogens is 352 g/mol. The van der Waals surface area contributed by atoms with Gasteiger partial charge in [0.25, 0.3) is 0 Å². The van der Waals surface area contributed by atoms with Crippen LogP contribution in [0.5, 0.6) is 0 Å². The molecule has 1 spiro atoms. The van der Waals surface area contributed by atoms with Crippen molar-refractivity contribution in [1.29, 1.82) is 0 Å². The zero-order valence-electron chi connectivity index (χ0n) is 14.8. The number of hydrogen-bond acceptors (Lipinski definition) is 5. The first-order valence-corrected chi connectivity index (χ1v) is 8.79. The van der Waals surface area contributed by atoms with Crippen LogP contribution in [0.2, 0.25) is 0 Å². The summed E-state index contributed by atoms with van der Waals surface area (Å²) < 4.78 is 1.90. The molecule has 2 aliphatic rings. The van der Waals surface area contributed by atoms with E-state index < -0.39 is 23.4 Å². The Morgan fingerprint density at radius 3 is 2.59 bits per heavy atom. The van der Waals surface area contributed by atoms with E-state index in [2.05, 4.69) is 15.2 Å². The zero-order chi connectivity index (χ0) is 19.3. The minimum absolute atomic E-state index is 0.0274. The van der Waals surface area contributed by atoms with Crippen molar-refractivity contribution in [2.45, 2.75) is 24.8 Å². The van der Waals surface area contributed by atoms with Gasteiger partial charge in [-0.25, -0.2) is 9.78 Å². The Labute approximate surface area is 154 Å². The first-order valence-electron chi connectivity index (χ1n) is 8.79. The number of aromatic nitrogens is 2. The number of aliphatic carboxylic acids is 1. The first kappa shape index (κ1) is 17.3. The van der Waals surface area contributed by atoms with Crippen LogP contribution < -0.4 is 10.2 Å². The number of carbonyl (C=O) groups is 3. The van der Waals surface area contributed by atoms with Crippen molar-refractivity contribution >= 4 is 34.8 Å². The van der Waals surface area contributed by atoms with Crippen LogP contribution in [0.25, 0.3) is 11.0 Å². The summed E-state index contributed by atoms with van der Waals surface area (Å²) in [5.41, 5.74) is 0.918. The largest absolute Gasteiger partial charge is 0.481 e. The van der Waals surface area contributed by atoms with Gasteiger partial charge >= 0.3 is 11.9 Å². The maximum absolute atomic E-state index is 11.8. The van der Waals surface area contributed by atoms with E-state index in [0.29, 0.717) is 37.4 Å². The predicted octanol–water partition coefficient (Wildman–Crippen LogP) is 0.831.